The van der Waals surface area contributed by atoms with Crippen LogP contribution >= 0.6 is 0 Å². The van der Waals surface area contributed by atoms with Gasteiger partial charge in [0.2, 0.25) is 0 Å². The van der Waals surface area contributed by atoms with Crippen LogP contribution < -0.4 is 0 Å². The van der Waals surface area contributed by atoms with E-state index >= 15 is 0 Å². The van der Waals surface area contributed by atoms with Gasteiger partial charge in [-0.15, -0.1) is 0 Å². The average Bonchev–Trinajstić information content (AvgIpc) is 2.81. The predicted molar refractivity (Wildman–Crippen MR) is 138 cm³/mol. The first-order valence-electron chi connectivity index (χ1n) is 13.8. The largest absolute Gasteiger partial charge is 0.299 e. The monoisotopic (exact) mass is 442 g/mol. The molecular weight excluding hydrogens is 392 g/mol. The maximum absolute atomic E-state index is 12.0. The number of carbonyl (C=O) groups is 2. The van der Waals surface area contributed by atoms with E-state index in [1.807, 2.05) is 18.2 Å². The zero-order valence-corrected chi connectivity index (χ0v) is 21.1. The van der Waals surface area contributed by atoms with Crippen LogP contribution in [0.2, 0.25) is 0 Å². The van der Waals surface area contributed by atoms with Crippen LogP contribution in [0, 0.1) is 0 Å². The summed E-state index contributed by atoms with van der Waals surface area (Å²) < 4.78 is 0. The number of carbonyl (C=O) groups excluding carboxylic acids is 2. The minimum atomic E-state index is -0.0478. The summed E-state index contributed by atoms with van der Waals surface area (Å²) >= 11 is 0. The summed E-state index contributed by atoms with van der Waals surface area (Å²) in [7, 11) is 0. The summed E-state index contributed by atoms with van der Waals surface area (Å²) in [6, 6.07) is 9.14. The molecule has 32 heavy (non-hydrogen) atoms. The summed E-state index contributed by atoms with van der Waals surface area (Å²) in [6.45, 7) is 2.28. The molecule has 2 heteroatoms. The zero-order chi connectivity index (χ0) is 23.1. The molecule has 0 aromatic heterocycles. The fourth-order valence-electron chi connectivity index (χ4n) is 4.39. The van der Waals surface area contributed by atoms with Gasteiger partial charge in [-0.3, -0.25) is 9.59 Å². The third-order valence-electron chi connectivity index (χ3n) is 6.51. The lowest BCUT2D eigenvalue weighted by Crippen LogP contribution is -2.07. The van der Waals surface area contributed by atoms with Gasteiger partial charge in [-0.2, -0.15) is 0 Å². The molecule has 0 bridgehead atoms. The molecule has 1 aromatic rings. The normalized spacial score (nSPS) is 11.0. The first-order chi connectivity index (χ1) is 15.7. The molecule has 0 spiro atoms. The van der Waals surface area contributed by atoms with E-state index in [2.05, 4.69) is 6.92 Å². The van der Waals surface area contributed by atoms with Gasteiger partial charge in [-0.1, -0.05) is 153 Å². The fourth-order valence-corrected chi connectivity index (χ4v) is 4.39. The van der Waals surface area contributed by atoms with Crippen LogP contribution in [-0.2, 0) is 4.79 Å². The lowest BCUT2D eigenvalue weighted by Gasteiger charge is -2.04. The van der Waals surface area contributed by atoms with Gasteiger partial charge in [-0.05, 0) is 6.42 Å². The van der Waals surface area contributed by atoms with Gasteiger partial charge in [0.25, 0.3) is 0 Å². The van der Waals surface area contributed by atoms with Crippen molar-refractivity contribution in [2.75, 3.05) is 0 Å². The van der Waals surface area contributed by atoms with Gasteiger partial charge >= 0.3 is 0 Å². The number of Topliss-reactive ketones (excluding diaryl/α,β-unsaturated/α-hetero) is 2. The van der Waals surface area contributed by atoms with Crippen molar-refractivity contribution in [3.63, 3.8) is 0 Å². The Hall–Kier alpha value is -1.44. The topological polar surface area (TPSA) is 34.1 Å². The molecule has 0 aliphatic heterocycles. The second kappa shape index (κ2) is 21.4. The number of unbranched alkanes of at least 4 members (excludes halogenated alkanes) is 18. The smallest absolute Gasteiger partial charge is 0.170 e. The summed E-state index contributed by atoms with van der Waals surface area (Å²) in [6.07, 6.45) is 26.4. The lowest BCUT2D eigenvalue weighted by atomic mass is 10.0. The van der Waals surface area contributed by atoms with E-state index < -0.39 is 0 Å². The Balaban J connectivity index is 1.77. The minimum Gasteiger partial charge on any atom is -0.299 e. The van der Waals surface area contributed by atoms with Crippen molar-refractivity contribution in [3.05, 3.63) is 35.9 Å². The van der Waals surface area contributed by atoms with Gasteiger partial charge in [0.15, 0.2) is 5.78 Å². The van der Waals surface area contributed by atoms with Gasteiger partial charge in [0.05, 0.1) is 6.42 Å². The second-order valence-electron chi connectivity index (χ2n) is 9.62. The van der Waals surface area contributed by atoms with Crippen LogP contribution in [0.3, 0.4) is 0 Å². The quantitative estimate of drug-likeness (QED) is 0.0960. The molecule has 0 saturated heterocycles. The first-order valence-corrected chi connectivity index (χ1v) is 13.8. The number of benzene rings is 1. The van der Waals surface area contributed by atoms with E-state index in [1.165, 1.54) is 109 Å². The van der Waals surface area contributed by atoms with Crippen LogP contribution in [0.15, 0.2) is 30.3 Å². The van der Waals surface area contributed by atoms with Gasteiger partial charge in [-0.25, -0.2) is 0 Å². The average molecular weight is 443 g/mol. The molecular formula is C30H50O2. The number of ketones is 2. The van der Waals surface area contributed by atoms with Gasteiger partial charge < -0.3 is 0 Å². The summed E-state index contributed by atoms with van der Waals surface area (Å²) in [5.74, 6) is 0.0410. The highest BCUT2D eigenvalue weighted by atomic mass is 16.1. The number of rotatable bonds is 23. The molecule has 1 rings (SSSR count). The van der Waals surface area contributed by atoms with Crippen molar-refractivity contribution >= 4 is 11.6 Å². The summed E-state index contributed by atoms with van der Waals surface area (Å²) in [4.78, 5) is 24.0. The maximum atomic E-state index is 12.0. The van der Waals surface area contributed by atoms with Crippen LogP contribution in [-0.4, -0.2) is 11.6 Å². The number of hydrogen-bond acceptors (Lipinski definition) is 2. The second-order valence-corrected chi connectivity index (χ2v) is 9.62. The van der Waals surface area contributed by atoms with E-state index in [4.69, 9.17) is 0 Å². The molecule has 182 valence electrons. The highest BCUT2D eigenvalue weighted by Gasteiger charge is 2.11. The summed E-state index contributed by atoms with van der Waals surface area (Å²) in [5, 5.41) is 0. The molecule has 0 atom stereocenters. The molecule has 0 radical (unpaired) electrons. The maximum Gasteiger partial charge on any atom is 0.170 e. The van der Waals surface area contributed by atoms with E-state index in [0.29, 0.717) is 12.0 Å². The van der Waals surface area contributed by atoms with E-state index in [9.17, 15) is 9.59 Å². The molecule has 0 unspecified atom stereocenters. The van der Waals surface area contributed by atoms with Gasteiger partial charge in [0.1, 0.15) is 5.78 Å². The molecule has 2 nitrogen and oxygen atoms in total. The van der Waals surface area contributed by atoms with Gasteiger partial charge in [0, 0.05) is 12.0 Å². The third kappa shape index (κ3) is 17.2. The Bertz CT molecular complexity index is 563. The van der Waals surface area contributed by atoms with Crippen molar-refractivity contribution in [1.29, 1.82) is 0 Å². The van der Waals surface area contributed by atoms with E-state index in [1.54, 1.807) is 12.1 Å². The van der Waals surface area contributed by atoms with E-state index in [0.717, 1.165) is 12.8 Å². The summed E-state index contributed by atoms with van der Waals surface area (Å²) in [5.41, 5.74) is 0.647. The fraction of sp³-hybridized carbons (Fsp3) is 0.733. The molecule has 0 aliphatic carbocycles. The molecule has 0 heterocycles. The predicted octanol–water partition coefficient (Wildman–Crippen LogP) is 9.65. The zero-order valence-electron chi connectivity index (χ0n) is 21.1. The van der Waals surface area contributed by atoms with Crippen molar-refractivity contribution in [2.24, 2.45) is 0 Å². The Morgan fingerprint density at radius 2 is 0.906 bits per heavy atom. The highest BCUT2D eigenvalue weighted by molar-refractivity contribution is 6.07. The Labute approximate surface area is 199 Å². The minimum absolute atomic E-state index is 0.0478. The Kier molecular flexibility index (Phi) is 19.1. The lowest BCUT2D eigenvalue weighted by molar-refractivity contribution is -0.118. The highest BCUT2D eigenvalue weighted by Crippen LogP contribution is 2.15. The molecule has 0 N–H and O–H groups in total. The van der Waals surface area contributed by atoms with Crippen molar-refractivity contribution in [2.45, 2.75) is 142 Å². The standard InChI is InChI=1S/C30H50O2/c1-2-3-4-5-6-7-8-9-10-11-12-13-14-15-16-17-18-19-23-26-29(31)27-30(32)28-24-21-20-22-25-28/h20-22,24-25H,2-19,23,26-27H2,1H3. The van der Waals surface area contributed by atoms with Crippen LogP contribution in [0.25, 0.3) is 0 Å². The van der Waals surface area contributed by atoms with Crippen molar-refractivity contribution in [3.8, 4) is 0 Å². The first kappa shape index (κ1) is 28.6. The molecule has 1 aromatic carbocycles. The molecule has 0 fully saturated rings. The third-order valence-corrected chi connectivity index (χ3v) is 6.51. The number of hydrogen-bond donors (Lipinski definition) is 0. The molecule has 0 saturated carbocycles. The van der Waals surface area contributed by atoms with Crippen LogP contribution in [0.5, 0.6) is 0 Å². The molecule has 0 aliphatic rings. The van der Waals surface area contributed by atoms with Crippen molar-refractivity contribution in [1.82, 2.24) is 0 Å². The van der Waals surface area contributed by atoms with Crippen LogP contribution in [0.1, 0.15) is 152 Å². The van der Waals surface area contributed by atoms with E-state index in [-0.39, 0.29) is 18.0 Å². The van der Waals surface area contributed by atoms with Crippen LogP contribution in [0.4, 0.5) is 0 Å². The molecule has 0 amide bonds. The van der Waals surface area contributed by atoms with Crippen molar-refractivity contribution < 1.29 is 9.59 Å². The SMILES string of the molecule is CCCCCCCCCCCCCCCCCCCCCC(=O)CC(=O)c1ccccc1. The Morgan fingerprint density at radius 3 is 1.31 bits per heavy atom. The Morgan fingerprint density at radius 1 is 0.531 bits per heavy atom.